The second kappa shape index (κ2) is 7.94. The predicted octanol–water partition coefficient (Wildman–Crippen LogP) is 5.07. The van der Waals surface area contributed by atoms with Crippen molar-refractivity contribution in [1.82, 2.24) is 24.7 Å². The number of para-hydroxylation sites is 1. The SMILES string of the molecule is O=C(c1nnc(-c2ncccn2)o1)c1cn(Cc2ccc(Cl)cc2Cl)c2ccccc12. The zero-order chi connectivity index (χ0) is 21.4. The van der Waals surface area contributed by atoms with Gasteiger partial charge in [0.1, 0.15) is 0 Å². The highest BCUT2D eigenvalue weighted by molar-refractivity contribution is 6.35. The fourth-order valence-electron chi connectivity index (χ4n) is 3.32. The molecule has 0 saturated heterocycles. The average Bonchev–Trinajstić information content (AvgIpc) is 3.42. The van der Waals surface area contributed by atoms with Gasteiger partial charge in [-0.1, -0.05) is 47.5 Å². The third-order valence-electron chi connectivity index (χ3n) is 4.77. The lowest BCUT2D eigenvalue weighted by molar-refractivity contribution is 0.100. The van der Waals surface area contributed by atoms with E-state index >= 15 is 0 Å². The Balaban J connectivity index is 1.53. The molecular weight excluding hydrogens is 437 g/mol. The Morgan fingerprint density at radius 1 is 1.00 bits per heavy atom. The largest absolute Gasteiger partial charge is 0.410 e. The zero-order valence-corrected chi connectivity index (χ0v) is 17.4. The van der Waals surface area contributed by atoms with Crippen LogP contribution in [0.4, 0.5) is 0 Å². The summed E-state index contributed by atoms with van der Waals surface area (Å²) >= 11 is 12.4. The van der Waals surface area contributed by atoms with E-state index in [9.17, 15) is 4.79 Å². The molecule has 0 saturated carbocycles. The van der Waals surface area contributed by atoms with Crippen molar-refractivity contribution in [3.8, 4) is 11.7 Å². The highest BCUT2D eigenvalue weighted by Gasteiger charge is 2.23. The van der Waals surface area contributed by atoms with Crippen LogP contribution in [-0.4, -0.2) is 30.5 Å². The first-order chi connectivity index (χ1) is 15.1. The van der Waals surface area contributed by atoms with Gasteiger partial charge in [-0.15, -0.1) is 10.2 Å². The van der Waals surface area contributed by atoms with Crippen LogP contribution in [-0.2, 0) is 6.54 Å². The molecule has 0 spiro atoms. The van der Waals surface area contributed by atoms with E-state index in [4.69, 9.17) is 27.6 Å². The summed E-state index contributed by atoms with van der Waals surface area (Å²) in [5.41, 5.74) is 2.21. The van der Waals surface area contributed by atoms with E-state index in [1.165, 1.54) is 0 Å². The van der Waals surface area contributed by atoms with Gasteiger partial charge in [0, 0.05) is 46.1 Å². The van der Waals surface area contributed by atoms with Gasteiger partial charge in [-0.25, -0.2) is 9.97 Å². The molecule has 3 heterocycles. The van der Waals surface area contributed by atoms with Crippen molar-refractivity contribution in [3.05, 3.63) is 94.2 Å². The fourth-order valence-corrected chi connectivity index (χ4v) is 3.79. The Kier molecular flexibility index (Phi) is 4.97. The second-order valence-electron chi connectivity index (χ2n) is 6.74. The minimum absolute atomic E-state index is 0.0839. The Bertz CT molecular complexity index is 1410. The molecule has 31 heavy (non-hydrogen) atoms. The van der Waals surface area contributed by atoms with Gasteiger partial charge in [0.2, 0.25) is 5.82 Å². The number of hydrogen-bond acceptors (Lipinski definition) is 6. The molecule has 0 amide bonds. The van der Waals surface area contributed by atoms with Crippen LogP contribution in [0, 0.1) is 0 Å². The minimum Gasteiger partial charge on any atom is -0.410 e. The number of ketones is 1. The summed E-state index contributed by atoms with van der Waals surface area (Å²) in [6.07, 6.45) is 4.88. The van der Waals surface area contributed by atoms with Gasteiger partial charge >= 0.3 is 0 Å². The van der Waals surface area contributed by atoms with Crippen molar-refractivity contribution < 1.29 is 9.21 Å². The van der Waals surface area contributed by atoms with E-state index in [1.807, 2.05) is 34.9 Å². The lowest BCUT2D eigenvalue weighted by atomic mass is 10.1. The Morgan fingerprint density at radius 3 is 2.61 bits per heavy atom. The van der Waals surface area contributed by atoms with Gasteiger partial charge in [0.05, 0.1) is 5.56 Å². The summed E-state index contributed by atoms with van der Waals surface area (Å²) < 4.78 is 7.51. The summed E-state index contributed by atoms with van der Waals surface area (Å²) in [5, 5.41) is 9.71. The topological polar surface area (TPSA) is 86.7 Å². The molecule has 9 heteroatoms. The van der Waals surface area contributed by atoms with Gasteiger partial charge < -0.3 is 8.98 Å². The predicted molar refractivity (Wildman–Crippen MR) is 116 cm³/mol. The quantitative estimate of drug-likeness (QED) is 0.348. The van der Waals surface area contributed by atoms with Crippen LogP contribution in [0.1, 0.15) is 21.8 Å². The van der Waals surface area contributed by atoms with Crippen LogP contribution < -0.4 is 0 Å². The summed E-state index contributed by atoms with van der Waals surface area (Å²) in [6.45, 7) is 0.469. The van der Waals surface area contributed by atoms with Crippen molar-refractivity contribution in [3.63, 3.8) is 0 Å². The number of carbonyl (C=O) groups excluding carboxylic acids is 1. The van der Waals surface area contributed by atoms with Gasteiger partial charge in [0.15, 0.2) is 0 Å². The summed E-state index contributed by atoms with van der Waals surface area (Å²) in [4.78, 5) is 21.3. The number of aromatic nitrogens is 5. The van der Waals surface area contributed by atoms with E-state index in [0.29, 0.717) is 22.2 Å². The van der Waals surface area contributed by atoms with Crippen LogP contribution in [0.2, 0.25) is 10.0 Å². The molecule has 0 N–H and O–H groups in total. The van der Waals surface area contributed by atoms with Crippen LogP contribution in [0.3, 0.4) is 0 Å². The number of carbonyl (C=O) groups is 1. The van der Waals surface area contributed by atoms with Crippen LogP contribution >= 0.6 is 23.2 Å². The Morgan fingerprint density at radius 2 is 1.81 bits per heavy atom. The van der Waals surface area contributed by atoms with Gasteiger partial charge in [-0.2, -0.15) is 0 Å². The Labute approximate surface area is 186 Å². The lowest BCUT2D eigenvalue weighted by Crippen LogP contribution is -2.02. The Hall–Kier alpha value is -3.55. The number of rotatable bonds is 5. The first-order valence-electron chi connectivity index (χ1n) is 9.27. The minimum atomic E-state index is -0.383. The molecule has 3 aromatic heterocycles. The number of halogens is 2. The van der Waals surface area contributed by atoms with Crippen molar-refractivity contribution in [2.24, 2.45) is 0 Å². The number of fused-ring (bicyclic) bond motifs is 1. The summed E-state index contributed by atoms with van der Waals surface area (Å²) in [6, 6.07) is 14.6. The monoisotopic (exact) mass is 449 g/mol. The molecule has 5 rings (SSSR count). The third kappa shape index (κ3) is 3.69. The lowest BCUT2D eigenvalue weighted by Gasteiger charge is -2.08. The standard InChI is InChI=1S/C22H13Cl2N5O2/c23-14-7-6-13(17(24)10-14)11-29-12-16(15-4-1-2-5-18(15)29)19(30)21-27-28-22(31-21)20-25-8-3-9-26-20/h1-10,12H,11H2. The highest BCUT2D eigenvalue weighted by atomic mass is 35.5. The van der Waals surface area contributed by atoms with Gasteiger partial charge in [-0.05, 0) is 29.8 Å². The van der Waals surface area contributed by atoms with Crippen LogP contribution in [0.15, 0.2) is 71.5 Å². The van der Waals surface area contributed by atoms with E-state index in [-0.39, 0.29) is 23.4 Å². The van der Waals surface area contributed by atoms with Gasteiger partial charge in [-0.3, -0.25) is 4.79 Å². The molecule has 0 aliphatic carbocycles. The molecule has 0 aliphatic rings. The summed E-state index contributed by atoms with van der Waals surface area (Å²) in [7, 11) is 0. The fraction of sp³-hybridized carbons (Fsp3) is 0.0455. The van der Waals surface area contributed by atoms with E-state index in [1.54, 1.807) is 36.8 Å². The number of hydrogen-bond donors (Lipinski definition) is 0. The highest BCUT2D eigenvalue weighted by Crippen LogP contribution is 2.27. The number of benzene rings is 2. The molecule has 0 fully saturated rings. The smallest absolute Gasteiger partial charge is 0.289 e. The van der Waals surface area contributed by atoms with Crippen molar-refractivity contribution in [1.29, 1.82) is 0 Å². The molecule has 0 radical (unpaired) electrons. The molecule has 0 unspecified atom stereocenters. The molecular formula is C22H13Cl2N5O2. The molecule has 0 bridgehead atoms. The molecule has 0 aliphatic heterocycles. The second-order valence-corrected chi connectivity index (χ2v) is 7.58. The first-order valence-corrected chi connectivity index (χ1v) is 10.0. The molecule has 0 atom stereocenters. The maximum Gasteiger partial charge on any atom is 0.289 e. The third-order valence-corrected chi connectivity index (χ3v) is 5.35. The van der Waals surface area contributed by atoms with E-state index in [2.05, 4.69) is 20.2 Å². The molecule has 152 valence electrons. The van der Waals surface area contributed by atoms with Crippen molar-refractivity contribution in [2.45, 2.75) is 6.54 Å². The zero-order valence-electron chi connectivity index (χ0n) is 15.9. The summed E-state index contributed by atoms with van der Waals surface area (Å²) in [5.74, 6) is -0.170. The normalized spacial score (nSPS) is 11.2. The molecule has 7 nitrogen and oxygen atoms in total. The molecule has 2 aromatic carbocycles. The molecule has 5 aromatic rings. The van der Waals surface area contributed by atoms with Crippen LogP contribution in [0.25, 0.3) is 22.6 Å². The van der Waals surface area contributed by atoms with Crippen molar-refractivity contribution >= 4 is 39.9 Å². The van der Waals surface area contributed by atoms with Crippen molar-refractivity contribution in [2.75, 3.05) is 0 Å². The van der Waals surface area contributed by atoms with E-state index in [0.717, 1.165) is 16.5 Å². The maximum absolute atomic E-state index is 13.2. The van der Waals surface area contributed by atoms with Gasteiger partial charge in [0.25, 0.3) is 17.6 Å². The number of nitrogens with zero attached hydrogens (tertiary/aromatic N) is 5. The maximum atomic E-state index is 13.2. The first kappa shape index (κ1) is 19.4. The average molecular weight is 450 g/mol. The van der Waals surface area contributed by atoms with Crippen LogP contribution in [0.5, 0.6) is 0 Å². The van der Waals surface area contributed by atoms with E-state index < -0.39 is 0 Å².